The molecule has 0 saturated heterocycles. The van der Waals surface area contributed by atoms with Gasteiger partial charge >= 0.3 is 13.6 Å². The summed E-state index contributed by atoms with van der Waals surface area (Å²) in [6.45, 7) is 2.78. The summed E-state index contributed by atoms with van der Waals surface area (Å²) in [4.78, 5) is 36.8. The van der Waals surface area contributed by atoms with Crippen LogP contribution in [0.1, 0.15) is 13.8 Å². The van der Waals surface area contributed by atoms with Crippen molar-refractivity contribution in [2.45, 2.75) is 19.5 Å². The number of Topliss-reactive ketones (excluding diaryl/α,β-unsaturated/α-hetero) is 1. The van der Waals surface area contributed by atoms with Crippen molar-refractivity contribution in [2.24, 2.45) is 0 Å². The van der Waals surface area contributed by atoms with Crippen LogP contribution in [0.2, 0.25) is 10.0 Å². The number of anilines is 1. The van der Waals surface area contributed by atoms with Gasteiger partial charge in [-0.2, -0.15) is 0 Å². The van der Waals surface area contributed by atoms with Crippen molar-refractivity contribution in [1.29, 1.82) is 0 Å². The van der Waals surface area contributed by atoms with E-state index in [1.807, 2.05) is 0 Å². The summed E-state index contributed by atoms with van der Waals surface area (Å²) >= 11 is 11.7. The van der Waals surface area contributed by atoms with E-state index in [4.69, 9.17) is 32.2 Å². The normalized spacial score (nSPS) is 12.3. The molecule has 0 aliphatic rings. The van der Waals surface area contributed by atoms with Crippen LogP contribution in [0.4, 0.5) is 5.69 Å². The molecule has 8 nitrogen and oxygen atoms in total. The quantitative estimate of drug-likeness (QED) is 0.279. The number of hydrogen-bond donors (Lipinski definition) is 1. The fourth-order valence-corrected chi connectivity index (χ4v) is 4.25. The molecule has 1 rings (SSSR count). The second-order valence-corrected chi connectivity index (χ2v) is 7.70. The van der Waals surface area contributed by atoms with Crippen LogP contribution in [-0.4, -0.2) is 43.6 Å². The number of hydrogen-bond acceptors (Lipinski definition) is 7. The summed E-state index contributed by atoms with van der Waals surface area (Å²) in [6, 6.07) is 4.16. The zero-order valence-corrected chi connectivity index (χ0v) is 16.7. The maximum Gasteiger partial charge on any atom is 0.353 e. The number of nitrogens with one attached hydrogen (secondary N) is 1. The van der Waals surface area contributed by atoms with Gasteiger partial charge in [-0.05, 0) is 32.0 Å². The van der Waals surface area contributed by atoms with E-state index in [0.29, 0.717) is 5.02 Å². The maximum atomic E-state index is 12.8. The third-order valence-corrected chi connectivity index (χ3v) is 5.87. The first kappa shape index (κ1) is 22.6. The molecule has 0 aliphatic carbocycles. The second-order valence-electron chi connectivity index (χ2n) is 4.74. The van der Waals surface area contributed by atoms with E-state index in [0.717, 1.165) is 7.11 Å². The minimum absolute atomic E-state index is 0.0751. The third kappa shape index (κ3) is 5.53. The van der Waals surface area contributed by atoms with E-state index in [9.17, 15) is 18.9 Å². The lowest BCUT2D eigenvalue weighted by atomic mass is 10.2. The Morgan fingerprint density at radius 1 is 1.15 bits per heavy atom. The van der Waals surface area contributed by atoms with Crippen molar-refractivity contribution in [1.82, 2.24) is 0 Å². The molecule has 1 aromatic rings. The molecule has 1 amide bonds. The molecule has 0 saturated carbocycles. The van der Waals surface area contributed by atoms with E-state index in [1.165, 1.54) is 32.0 Å². The van der Waals surface area contributed by atoms with E-state index >= 15 is 0 Å². The van der Waals surface area contributed by atoms with Gasteiger partial charge < -0.3 is 19.1 Å². The lowest BCUT2D eigenvalue weighted by Crippen LogP contribution is -2.40. The van der Waals surface area contributed by atoms with E-state index in [-0.39, 0.29) is 23.9 Å². The first-order valence-corrected chi connectivity index (χ1v) is 9.83. The molecule has 0 aromatic heterocycles. The fourth-order valence-electron chi connectivity index (χ4n) is 1.94. The summed E-state index contributed by atoms with van der Waals surface area (Å²) in [6.07, 6.45) is 0. The Morgan fingerprint density at radius 3 is 2.19 bits per heavy atom. The summed E-state index contributed by atoms with van der Waals surface area (Å²) in [5.74, 6) is -3.78. The standard InChI is InChI=1S/C15H18Cl2NO7P/c1-4-24-26(22,25-5-2)13(15(21)23-3)12(19)14(20)18-11-7-6-9(16)8-10(11)17/h6-8,13H,4-5H2,1-3H3,(H,18,20). The summed E-state index contributed by atoms with van der Waals surface area (Å²) < 4.78 is 27.3. The predicted octanol–water partition coefficient (Wildman–Crippen LogP) is 3.31. The van der Waals surface area contributed by atoms with Crippen LogP contribution in [-0.2, 0) is 32.7 Å². The van der Waals surface area contributed by atoms with Gasteiger partial charge in [-0.25, -0.2) is 0 Å². The highest BCUT2D eigenvalue weighted by Crippen LogP contribution is 2.53. The van der Waals surface area contributed by atoms with Crippen molar-refractivity contribution < 1.29 is 32.7 Å². The van der Waals surface area contributed by atoms with E-state index in [2.05, 4.69) is 10.1 Å². The molecule has 0 heterocycles. The third-order valence-electron chi connectivity index (χ3n) is 3.01. The van der Waals surface area contributed by atoms with Gasteiger partial charge in [0.2, 0.25) is 11.4 Å². The van der Waals surface area contributed by atoms with Crippen molar-refractivity contribution >= 4 is 54.1 Å². The molecule has 1 atom stereocenters. The Kier molecular flexibility index (Phi) is 8.73. The molecule has 1 aromatic carbocycles. The number of rotatable bonds is 9. The van der Waals surface area contributed by atoms with Crippen molar-refractivity contribution in [3.8, 4) is 0 Å². The molecule has 0 bridgehead atoms. The molecular formula is C15H18Cl2NO7P. The van der Waals surface area contributed by atoms with E-state index in [1.54, 1.807) is 0 Å². The number of benzene rings is 1. The predicted molar refractivity (Wildman–Crippen MR) is 96.8 cm³/mol. The highest BCUT2D eigenvalue weighted by atomic mass is 35.5. The fraction of sp³-hybridized carbons (Fsp3) is 0.400. The maximum absolute atomic E-state index is 12.8. The average Bonchev–Trinajstić information content (AvgIpc) is 2.57. The van der Waals surface area contributed by atoms with Crippen LogP contribution in [0.25, 0.3) is 0 Å². The number of amides is 1. The minimum atomic E-state index is -4.28. The minimum Gasteiger partial charge on any atom is -0.468 e. The molecule has 144 valence electrons. The smallest absolute Gasteiger partial charge is 0.353 e. The highest BCUT2D eigenvalue weighted by molar-refractivity contribution is 7.57. The van der Waals surface area contributed by atoms with Crippen molar-refractivity contribution in [2.75, 3.05) is 25.6 Å². The SMILES string of the molecule is CCOP(=O)(OCC)C(C(=O)OC)C(=O)C(=O)Nc1ccc(Cl)cc1Cl. The van der Waals surface area contributed by atoms with Gasteiger partial charge in [0.05, 0.1) is 31.0 Å². The Labute approximate surface area is 160 Å². The topological polar surface area (TPSA) is 108 Å². The number of ketones is 1. The van der Waals surface area contributed by atoms with Gasteiger partial charge in [0.1, 0.15) is 0 Å². The highest BCUT2D eigenvalue weighted by Gasteiger charge is 2.50. The Bertz CT molecular complexity index is 731. The summed E-state index contributed by atoms with van der Waals surface area (Å²) in [5.41, 5.74) is -1.97. The molecule has 0 aliphatic heterocycles. The molecule has 26 heavy (non-hydrogen) atoms. The van der Waals surface area contributed by atoms with Crippen LogP contribution < -0.4 is 5.32 Å². The largest absolute Gasteiger partial charge is 0.468 e. The van der Waals surface area contributed by atoms with Gasteiger partial charge in [0, 0.05) is 5.02 Å². The number of carbonyl (C=O) groups is 3. The molecule has 0 radical (unpaired) electrons. The number of esters is 1. The number of methoxy groups -OCH3 is 1. The van der Waals surface area contributed by atoms with Gasteiger partial charge in [-0.15, -0.1) is 0 Å². The molecule has 1 N–H and O–H groups in total. The van der Waals surface area contributed by atoms with E-state index < -0.39 is 30.9 Å². The number of halogens is 2. The number of carbonyl (C=O) groups excluding carboxylic acids is 3. The van der Waals surface area contributed by atoms with Crippen LogP contribution in [0.5, 0.6) is 0 Å². The summed E-state index contributed by atoms with van der Waals surface area (Å²) in [5, 5.41) is 2.63. The van der Waals surface area contributed by atoms with Crippen LogP contribution in [0, 0.1) is 0 Å². The van der Waals surface area contributed by atoms with Crippen molar-refractivity contribution in [3.05, 3.63) is 28.2 Å². The molecular weight excluding hydrogens is 408 g/mol. The zero-order chi connectivity index (χ0) is 19.9. The second kappa shape index (κ2) is 10.0. The first-order valence-electron chi connectivity index (χ1n) is 7.47. The average molecular weight is 426 g/mol. The van der Waals surface area contributed by atoms with Crippen molar-refractivity contribution in [3.63, 3.8) is 0 Å². The zero-order valence-electron chi connectivity index (χ0n) is 14.3. The summed E-state index contributed by atoms with van der Waals surface area (Å²) in [7, 11) is -3.29. The molecule has 1 unspecified atom stereocenters. The monoisotopic (exact) mass is 425 g/mol. The Hall–Kier alpha value is -1.44. The lowest BCUT2D eigenvalue weighted by Gasteiger charge is -2.23. The first-order chi connectivity index (χ1) is 12.2. The Morgan fingerprint density at radius 2 is 1.73 bits per heavy atom. The lowest BCUT2D eigenvalue weighted by molar-refractivity contribution is -0.146. The van der Waals surface area contributed by atoms with Crippen LogP contribution >= 0.6 is 30.8 Å². The van der Waals surface area contributed by atoms with Gasteiger partial charge in [0.15, 0.2) is 0 Å². The van der Waals surface area contributed by atoms with Crippen LogP contribution in [0.3, 0.4) is 0 Å². The number of ether oxygens (including phenoxy) is 1. The molecule has 0 spiro atoms. The van der Waals surface area contributed by atoms with Gasteiger partial charge in [0.25, 0.3) is 5.91 Å². The van der Waals surface area contributed by atoms with Crippen LogP contribution in [0.15, 0.2) is 18.2 Å². The van der Waals surface area contributed by atoms with Gasteiger partial charge in [-0.1, -0.05) is 23.2 Å². The van der Waals surface area contributed by atoms with Gasteiger partial charge in [-0.3, -0.25) is 18.9 Å². The molecule has 11 heteroatoms. The Balaban J connectivity index is 3.17. The molecule has 0 fully saturated rings.